The Morgan fingerprint density at radius 1 is 1.22 bits per heavy atom. The molecule has 1 aromatic heterocycles. The predicted octanol–water partition coefficient (Wildman–Crippen LogP) is 2.88. The highest BCUT2D eigenvalue weighted by molar-refractivity contribution is 8.13. The fraction of sp³-hybridized carbons (Fsp3) is 0.375. The number of nitrogens with one attached hydrogen (secondary N) is 1. The van der Waals surface area contributed by atoms with Gasteiger partial charge in [-0.05, 0) is 44.7 Å². The van der Waals surface area contributed by atoms with Crippen LogP contribution in [0.5, 0.6) is 0 Å². The maximum absolute atomic E-state index is 12.2. The number of para-hydroxylation sites is 2. The maximum Gasteiger partial charge on any atom is 0.359 e. The normalized spacial score (nSPS) is 11.5. The highest BCUT2D eigenvalue weighted by Crippen LogP contribution is 2.24. The van der Waals surface area contributed by atoms with Crippen LogP contribution in [0.1, 0.15) is 31.3 Å². The molecule has 0 atom stereocenters. The van der Waals surface area contributed by atoms with Gasteiger partial charge in [-0.15, -0.1) is 0 Å². The molecule has 0 amide bonds. The average Bonchev–Trinajstić information content (AvgIpc) is 2.55. The van der Waals surface area contributed by atoms with Crippen molar-refractivity contribution in [1.82, 2.24) is 15.3 Å². The van der Waals surface area contributed by atoms with Gasteiger partial charge in [0.2, 0.25) is 0 Å². The Morgan fingerprint density at radius 2 is 1.91 bits per heavy atom. The zero-order chi connectivity index (χ0) is 16.7. The second kappa shape index (κ2) is 8.47. The Balaban J connectivity index is 2.47. The first-order chi connectivity index (χ1) is 11.2. The van der Waals surface area contributed by atoms with Crippen LogP contribution in [0.25, 0.3) is 11.0 Å². The summed E-state index contributed by atoms with van der Waals surface area (Å²) in [6, 6.07) is 7.44. The zero-order valence-corrected chi connectivity index (χ0v) is 14.3. The van der Waals surface area contributed by atoms with Crippen molar-refractivity contribution in [2.24, 2.45) is 4.99 Å². The number of nitrogens with zero attached hydrogens (tertiary/aromatic N) is 3. The Kier molecular flexibility index (Phi) is 6.34. The molecule has 2 rings (SSSR count). The van der Waals surface area contributed by atoms with Gasteiger partial charge in [0, 0.05) is 13.1 Å². The van der Waals surface area contributed by atoms with E-state index in [0.29, 0.717) is 28.9 Å². The Hall–Kier alpha value is -2.15. The molecule has 1 aromatic carbocycles. The standard InChI is InChI=1S/C16H20N4O2S/c1-4-17-16(18-5-2)23-14-13(15(21)22-6-3)19-11-9-7-8-10-12(11)20-14/h7-10H,4-6H2,1-3H3,(H,17,18). The van der Waals surface area contributed by atoms with E-state index in [9.17, 15) is 4.79 Å². The summed E-state index contributed by atoms with van der Waals surface area (Å²) in [5, 5.41) is 4.38. The highest BCUT2D eigenvalue weighted by Gasteiger charge is 2.19. The minimum Gasteiger partial charge on any atom is -0.461 e. The van der Waals surface area contributed by atoms with Crippen LogP contribution in [0.4, 0.5) is 0 Å². The number of esters is 1. The van der Waals surface area contributed by atoms with Crippen LogP contribution in [0.3, 0.4) is 0 Å². The van der Waals surface area contributed by atoms with Crippen molar-refractivity contribution in [1.29, 1.82) is 0 Å². The number of benzene rings is 1. The summed E-state index contributed by atoms with van der Waals surface area (Å²) in [4.78, 5) is 25.6. The number of carbonyl (C=O) groups is 1. The van der Waals surface area contributed by atoms with Crippen LogP contribution >= 0.6 is 11.8 Å². The fourth-order valence-electron chi connectivity index (χ4n) is 1.90. The average molecular weight is 332 g/mol. The number of fused-ring (bicyclic) bond motifs is 1. The van der Waals surface area contributed by atoms with E-state index in [-0.39, 0.29) is 5.69 Å². The third-order valence-electron chi connectivity index (χ3n) is 2.83. The molecule has 122 valence electrons. The van der Waals surface area contributed by atoms with E-state index in [0.717, 1.165) is 12.1 Å². The zero-order valence-electron chi connectivity index (χ0n) is 13.5. The van der Waals surface area contributed by atoms with E-state index < -0.39 is 5.97 Å². The van der Waals surface area contributed by atoms with Gasteiger partial charge in [-0.3, -0.25) is 4.99 Å². The van der Waals surface area contributed by atoms with Crippen molar-refractivity contribution in [3.05, 3.63) is 30.0 Å². The number of hydrogen-bond acceptors (Lipinski definition) is 6. The topological polar surface area (TPSA) is 76.5 Å². The van der Waals surface area contributed by atoms with Crippen LogP contribution in [0.15, 0.2) is 34.3 Å². The summed E-state index contributed by atoms with van der Waals surface area (Å²) in [5.41, 5.74) is 1.62. The minimum absolute atomic E-state index is 0.220. The van der Waals surface area contributed by atoms with Gasteiger partial charge in [-0.2, -0.15) is 0 Å². The lowest BCUT2D eigenvalue weighted by Crippen LogP contribution is -2.21. The van der Waals surface area contributed by atoms with Gasteiger partial charge in [0.25, 0.3) is 0 Å². The molecule has 0 aliphatic carbocycles. The van der Waals surface area contributed by atoms with Crippen molar-refractivity contribution >= 4 is 33.9 Å². The lowest BCUT2D eigenvalue weighted by Gasteiger charge is -2.10. The van der Waals surface area contributed by atoms with Crippen LogP contribution in [0.2, 0.25) is 0 Å². The van der Waals surface area contributed by atoms with Gasteiger partial charge < -0.3 is 10.1 Å². The summed E-state index contributed by atoms with van der Waals surface area (Å²) in [6.07, 6.45) is 0. The molecule has 0 unspecified atom stereocenters. The molecule has 0 spiro atoms. The third-order valence-corrected chi connectivity index (χ3v) is 3.78. The molecular weight excluding hydrogens is 312 g/mol. The van der Waals surface area contributed by atoms with E-state index in [1.165, 1.54) is 11.8 Å². The molecular formula is C16H20N4O2S. The van der Waals surface area contributed by atoms with Gasteiger partial charge in [-0.25, -0.2) is 14.8 Å². The van der Waals surface area contributed by atoms with Crippen molar-refractivity contribution in [3.8, 4) is 0 Å². The SMILES string of the molecule is CCN=C(NCC)Sc1nc2ccccc2nc1C(=O)OCC. The Labute approximate surface area is 139 Å². The summed E-state index contributed by atoms with van der Waals surface area (Å²) in [6.45, 7) is 7.38. The largest absolute Gasteiger partial charge is 0.461 e. The monoisotopic (exact) mass is 332 g/mol. The van der Waals surface area contributed by atoms with E-state index in [2.05, 4.69) is 20.3 Å². The molecule has 0 fully saturated rings. The number of aliphatic imine (C=N–C) groups is 1. The van der Waals surface area contributed by atoms with Gasteiger partial charge in [-0.1, -0.05) is 12.1 Å². The van der Waals surface area contributed by atoms with Crippen molar-refractivity contribution < 1.29 is 9.53 Å². The Bertz CT molecular complexity index is 718. The summed E-state index contributed by atoms with van der Waals surface area (Å²) < 4.78 is 5.10. The molecule has 6 nitrogen and oxygen atoms in total. The summed E-state index contributed by atoms with van der Waals surface area (Å²) in [5.74, 6) is -0.472. The second-order valence-electron chi connectivity index (χ2n) is 4.50. The molecule has 1 heterocycles. The predicted molar refractivity (Wildman–Crippen MR) is 93.0 cm³/mol. The maximum atomic E-state index is 12.2. The minimum atomic E-state index is -0.472. The first kappa shape index (κ1) is 17.2. The Morgan fingerprint density at radius 3 is 2.52 bits per heavy atom. The van der Waals surface area contributed by atoms with Gasteiger partial charge in [0.1, 0.15) is 5.03 Å². The molecule has 0 bridgehead atoms. The molecule has 0 aliphatic rings. The van der Waals surface area contributed by atoms with E-state index in [4.69, 9.17) is 4.74 Å². The lowest BCUT2D eigenvalue weighted by molar-refractivity contribution is 0.0514. The number of ether oxygens (including phenoxy) is 1. The van der Waals surface area contributed by atoms with E-state index in [1.807, 2.05) is 38.1 Å². The quantitative estimate of drug-likeness (QED) is 0.393. The van der Waals surface area contributed by atoms with E-state index >= 15 is 0 Å². The van der Waals surface area contributed by atoms with E-state index in [1.54, 1.807) is 6.92 Å². The number of carbonyl (C=O) groups excluding carboxylic acids is 1. The van der Waals surface area contributed by atoms with Gasteiger partial charge >= 0.3 is 5.97 Å². The lowest BCUT2D eigenvalue weighted by atomic mass is 10.3. The molecule has 0 saturated carbocycles. The van der Waals surface area contributed by atoms with Crippen LogP contribution in [-0.4, -0.2) is 40.8 Å². The van der Waals surface area contributed by atoms with Crippen molar-refractivity contribution in [2.75, 3.05) is 19.7 Å². The molecule has 23 heavy (non-hydrogen) atoms. The smallest absolute Gasteiger partial charge is 0.359 e. The number of thioether (sulfide) groups is 1. The molecule has 2 aromatic rings. The van der Waals surface area contributed by atoms with Crippen molar-refractivity contribution in [2.45, 2.75) is 25.8 Å². The number of amidine groups is 1. The van der Waals surface area contributed by atoms with Gasteiger partial charge in [0.15, 0.2) is 10.9 Å². The third kappa shape index (κ3) is 4.41. The molecule has 0 saturated heterocycles. The van der Waals surface area contributed by atoms with Crippen LogP contribution in [-0.2, 0) is 4.74 Å². The summed E-state index contributed by atoms with van der Waals surface area (Å²) >= 11 is 1.30. The molecule has 0 radical (unpaired) electrons. The van der Waals surface area contributed by atoms with Crippen LogP contribution < -0.4 is 5.32 Å². The number of hydrogen-bond donors (Lipinski definition) is 1. The number of aromatic nitrogens is 2. The van der Waals surface area contributed by atoms with Crippen molar-refractivity contribution in [3.63, 3.8) is 0 Å². The second-order valence-corrected chi connectivity index (χ2v) is 5.48. The highest BCUT2D eigenvalue weighted by atomic mass is 32.2. The molecule has 1 N–H and O–H groups in total. The molecule has 0 aliphatic heterocycles. The van der Waals surface area contributed by atoms with Crippen LogP contribution in [0, 0.1) is 0 Å². The summed E-state index contributed by atoms with van der Waals surface area (Å²) in [7, 11) is 0. The first-order valence-corrected chi connectivity index (χ1v) is 8.41. The first-order valence-electron chi connectivity index (χ1n) is 7.59. The van der Waals surface area contributed by atoms with Gasteiger partial charge in [0.05, 0.1) is 17.6 Å². The fourth-order valence-corrected chi connectivity index (χ4v) is 2.86. The molecule has 7 heteroatoms. The number of rotatable bonds is 5.